The fourth-order valence-electron chi connectivity index (χ4n) is 10.6. The molecule has 0 fully saturated rings. The van der Waals surface area contributed by atoms with Gasteiger partial charge in [0.25, 0.3) is 13.0 Å². The van der Waals surface area contributed by atoms with Crippen LogP contribution >= 0.6 is 0 Å². The first-order chi connectivity index (χ1) is 37.9. The Labute approximate surface area is 436 Å². The summed E-state index contributed by atoms with van der Waals surface area (Å²) >= 11 is 0. The van der Waals surface area contributed by atoms with Crippen LogP contribution in [-0.4, -0.2) is 25.2 Å². The molecule has 5 heterocycles. The molecule has 12 aromatic rings. The van der Waals surface area contributed by atoms with Gasteiger partial charge in [0.2, 0.25) is 0 Å². The summed E-state index contributed by atoms with van der Waals surface area (Å²) in [5.74, 6) is 1.63. The molecule has 6 nitrogen and oxygen atoms in total. The number of pyridine rings is 1. The van der Waals surface area contributed by atoms with E-state index in [4.69, 9.17) is 23.4 Å². The average Bonchev–Trinajstić information content (AvgIpc) is 4.28. The van der Waals surface area contributed by atoms with Crippen LogP contribution in [0.15, 0.2) is 188 Å². The standard InChI is InChI=1S/C62H46BN5O.Pt/c1-40-19-16-20-41(2)56(40)63-57-49-27-12-13-30-51(49)67-54-34-33-46(38-55(54)68(61(57)67)60-58(63)50(35-36-64-60)62(3,4)5)69-45-26-17-25-44(37-45)65-39-66(53-32-15-14-31-52(53)65)59-47(42-21-8-6-9-22-42)28-18-29-48(59)43-23-10-7-11-24-43;/h6-36H,1-5H3;/q-2;/i6D,7D,8D,9D,10D,11D,21D,22D,23D,24D;. The zero-order valence-electron chi connectivity index (χ0n) is 48.7. The molecular formula is C62H46BN5OPt-2. The fourth-order valence-corrected chi connectivity index (χ4v) is 10.6. The van der Waals surface area contributed by atoms with Gasteiger partial charge < -0.3 is 18.3 Å². The quantitative estimate of drug-likeness (QED) is 0.0906. The summed E-state index contributed by atoms with van der Waals surface area (Å²) in [6.45, 7) is 11.0. The second-order valence-corrected chi connectivity index (χ2v) is 18.5. The third-order valence-corrected chi connectivity index (χ3v) is 13.4. The van der Waals surface area contributed by atoms with E-state index in [1.807, 2.05) is 48.7 Å². The van der Waals surface area contributed by atoms with Gasteiger partial charge in [0.15, 0.2) is 0 Å². The van der Waals surface area contributed by atoms with Crippen molar-refractivity contribution in [3.8, 4) is 50.9 Å². The molecule has 0 radical (unpaired) electrons. The molecule has 0 saturated carbocycles. The monoisotopic (exact) mass is 1090 g/mol. The van der Waals surface area contributed by atoms with E-state index in [1.54, 1.807) is 33.4 Å². The third kappa shape index (κ3) is 6.74. The number of rotatable bonds is 7. The van der Waals surface area contributed by atoms with Crippen molar-refractivity contribution in [3.05, 3.63) is 223 Å². The van der Waals surface area contributed by atoms with Crippen molar-refractivity contribution in [1.29, 1.82) is 0 Å². The topological polar surface area (TPSA) is 40.3 Å². The SMILES string of the molecule is [2H]c1c([2H])c([2H])c(-c2cccc(-c3c([2H])c([2H])c([2H])c([2H])c3[2H])c2-[n+]2[c-]n(-c3[c-]c(Oc4[c-]c5c(cc4)n4c6ccccc6c6c4n5-c4nccc(C(C)(C)C)c4B6c4c(C)cccc4C)ccc3)c3ccccc32)c([2H])c1[2H].[Pt]. The average molecular weight is 1090 g/mol. The predicted octanol–water partition coefficient (Wildman–Crippen LogP) is 11.9. The van der Waals surface area contributed by atoms with Gasteiger partial charge in [0.1, 0.15) is 11.5 Å². The summed E-state index contributed by atoms with van der Waals surface area (Å²) < 4.78 is 102. The summed E-state index contributed by atoms with van der Waals surface area (Å²) in [4.78, 5) is 5.23. The first-order valence-electron chi connectivity index (χ1n) is 27.9. The van der Waals surface area contributed by atoms with Crippen molar-refractivity contribution >= 4 is 61.7 Å². The molecule has 0 amide bonds. The van der Waals surface area contributed by atoms with Crippen LogP contribution in [0.2, 0.25) is 0 Å². The minimum absolute atomic E-state index is 0. The molecule has 340 valence electrons. The zero-order chi connectivity index (χ0) is 55.2. The first-order valence-corrected chi connectivity index (χ1v) is 22.9. The fraction of sp³-hybridized carbons (Fsp3) is 0.0968. The van der Waals surface area contributed by atoms with E-state index >= 15 is 0 Å². The predicted molar refractivity (Wildman–Crippen MR) is 281 cm³/mol. The molecule has 4 aromatic heterocycles. The van der Waals surface area contributed by atoms with Crippen molar-refractivity contribution in [2.75, 3.05) is 0 Å². The molecule has 1 aliphatic rings. The second-order valence-electron chi connectivity index (χ2n) is 18.5. The van der Waals surface area contributed by atoms with E-state index < -0.39 is 60.4 Å². The van der Waals surface area contributed by atoms with Crippen molar-refractivity contribution in [3.63, 3.8) is 0 Å². The van der Waals surface area contributed by atoms with E-state index in [2.05, 4.69) is 117 Å². The minimum Gasteiger partial charge on any atom is -0.510 e. The molecule has 0 saturated heterocycles. The summed E-state index contributed by atoms with van der Waals surface area (Å²) in [5.41, 5.74) is 12.7. The third-order valence-electron chi connectivity index (χ3n) is 13.4. The number of imidazole rings is 2. The Morgan fingerprint density at radius 1 is 0.629 bits per heavy atom. The summed E-state index contributed by atoms with van der Waals surface area (Å²) in [6, 6.07) is 40.7. The molecular weight excluding hydrogens is 1040 g/mol. The van der Waals surface area contributed by atoms with Crippen LogP contribution in [0.3, 0.4) is 0 Å². The molecule has 0 bridgehead atoms. The second kappa shape index (κ2) is 16.8. The normalized spacial score (nSPS) is 14.2. The molecule has 0 N–H and O–H groups in total. The molecule has 70 heavy (non-hydrogen) atoms. The number of para-hydroxylation sites is 4. The van der Waals surface area contributed by atoms with Gasteiger partial charge in [-0.05, 0) is 92.2 Å². The Kier molecular flexibility index (Phi) is 8.07. The molecule has 0 spiro atoms. The molecule has 0 atom stereocenters. The van der Waals surface area contributed by atoms with Crippen LogP contribution in [0.5, 0.6) is 11.5 Å². The maximum absolute atomic E-state index is 9.07. The van der Waals surface area contributed by atoms with E-state index in [9.17, 15) is 0 Å². The first kappa shape index (κ1) is 33.7. The Balaban J connectivity index is 0.00000637. The summed E-state index contributed by atoms with van der Waals surface area (Å²) in [7, 11) is 0. The Hall–Kier alpha value is -7.73. The van der Waals surface area contributed by atoms with Crippen molar-refractivity contribution in [2.45, 2.75) is 40.0 Å². The molecule has 8 heteroatoms. The maximum Gasteiger partial charge on any atom is 0.268 e. The van der Waals surface area contributed by atoms with Crippen LogP contribution < -0.4 is 25.7 Å². The van der Waals surface area contributed by atoms with Gasteiger partial charge in [-0.15, -0.1) is 30.3 Å². The summed E-state index contributed by atoms with van der Waals surface area (Å²) in [5, 5.41) is 1.17. The van der Waals surface area contributed by atoms with Gasteiger partial charge in [-0.25, -0.2) is 4.98 Å². The van der Waals surface area contributed by atoms with Crippen molar-refractivity contribution in [1.82, 2.24) is 18.5 Å². The Bertz CT molecular complexity index is 4470. The van der Waals surface area contributed by atoms with E-state index in [1.165, 1.54) is 33.0 Å². The molecule has 13 rings (SSSR count). The van der Waals surface area contributed by atoms with Crippen LogP contribution in [0.1, 0.15) is 51.2 Å². The van der Waals surface area contributed by atoms with Gasteiger partial charge in [-0.1, -0.05) is 177 Å². The van der Waals surface area contributed by atoms with Gasteiger partial charge in [-0.3, -0.25) is 4.57 Å². The Morgan fingerprint density at radius 3 is 1.99 bits per heavy atom. The summed E-state index contributed by atoms with van der Waals surface area (Å²) in [6.07, 6.45) is 5.35. The largest absolute Gasteiger partial charge is 0.510 e. The number of hydrogen-bond donors (Lipinski definition) is 0. The molecule has 0 unspecified atom stereocenters. The van der Waals surface area contributed by atoms with Gasteiger partial charge in [0, 0.05) is 44.3 Å². The molecule has 8 aromatic carbocycles. The Morgan fingerprint density at radius 2 is 1.27 bits per heavy atom. The van der Waals surface area contributed by atoms with Gasteiger partial charge in [0.05, 0.1) is 30.4 Å². The van der Waals surface area contributed by atoms with E-state index in [0.29, 0.717) is 28.2 Å². The van der Waals surface area contributed by atoms with Crippen LogP contribution in [0.4, 0.5) is 0 Å². The number of ether oxygens (including phenoxy) is 1. The number of aryl methyl sites for hydroxylation is 2. The number of hydrogen-bond acceptors (Lipinski definition) is 2. The maximum atomic E-state index is 9.07. The number of nitrogens with zero attached hydrogens (tertiary/aromatic N) is 5. The molecule has 1 aliphatic heterocycles. The minimum atomic E-state index is -0.573. The van der Waals surface area contributed by atoms with Crippen molar-refractivity contribution in [2.24, 2.45) is 0 Å². The van der Waals surface area contributed by atoms with Crippen LogP contribution in [0.25, 0.3) is 78.1 Å². The van der Waals surface area contributed by atoms with Gasteiger partial charge >= 0.3 is 0 Å². The van der Waals surface area contributed by atoms with E-state index in [-0.39, 0.29) is 61.1 Å². The van der Waals surface area contributed by atoms with Crippen LogP contribution in [0, 0.1) is 32.3 Å². The smallest absolute Gasteiger partial charge is 0.268 e. The number of benzene rings is 8. The molecule has 0 aliphatic carbocycles. The number of aromatic nitrogens is 5. The zero-order valence-corrected chi connectivity index (χ0v) is 40.9. The van der Waals surface area contributed by atoms with Crippen molar-refractivity contribution < 1.29 is 44.1 Å². The van der Waals surface area contributed by atoms with Gasteiger partial charge in [-0.2, -0.15) is 12.1 Å². The number of fused-ring (bicyclic) bond motifs is 9. The van der Waals surface area contributed by atoms with E-state index in [0.717, 1.165) is 33.5 Å². The van der Waals surface area contributed by atoms with Crippen LogP contribution in [-0.2, 0) is 26.5 Å².